The fraction of sp³-hybridized carbons (Fsp3) is 0.778. The van der Waals surface area contributed by atoms with Crippen molar-refractivity contribution in [3.05, 3.63) is 54.0 Å². The summed E-state index contributed by atoms with van der Waals surface area (Å²) in [6.07, 6.45) is -2.50. The highest BCUT2D eigenvalue weighted by atomic mass is 32.2. The summed E-state index contributed by atoms with van der Waals surface area (Å²) in [6, 6.07) is 6.61. The Kier molecular flexibility index (Phi) is 21.8. The smallest absolute Gasteiger partial charge is 0.309 e. The second-order valence-electron chi connectivity index (χ2n) is 22.3. The summed E-state index contributed by atoms with van der Waals surface area (Å²) in [5, 5.41) is 56.5. The van der Waals surface area contributed by atoms with E-state index in [0.717, 1.165) is 10.5 Å². The minimum absolute atomic E-state index is 0.00442. The van der Waals surface area contributed by atoms with Gasteiger partial charge in [0, 0.05) is 68.8 Å². The molecule has 0 aliphatic carbocycles. The summed E-state index contributed by atoms with van der Waals surface area (Å²) in [4.78, 5) is 30.8. The zero-order chi connectivity index (χ0) is 54.3. The zero-order valence-electron chi connectivity index (χ0n) is 45.7. The lowest BCUT2D eigenvalue weighted by Crippen LogP contribution is -2.56. The molecule has 4 heterocycles. The molecule has 414 valence electrons. The number of hydrogen-bond acceptors (Lipinski definition) is 16. The van der Waals surface area contributed by atoms with E-state index < -0.39 is 103 Å². The summed E-state index contributed by atoms with van der Waals surface area (Å²) in [7, 11) is 5.35. The number of rotatable bonds is 16. The first-order chi connectivity index (χ1) is 34.2. The number of aliphatic hydroxyl groups excluding tert-OH is 2. The van der Waals surface area contributed by atoms with Gasteiger partial charge in [-0.2, -0.15) is 0 Å². The van der Waals surface area contributed by atoms with E-state index >= 15 is 0 Å². The first kappa shape index (κ1) is 60.6. The van der Waals surface area contributed by atoms with Crippen molar-refractivity contribution in [2.75, 3.05) is 46.7 Å². The second-order valence-corrected chi connectivity index (χ2v) is 23.4. The van der Waals surface area contributed by atoms with Crippen LogP contribution in [0.2, 0.25) is 0 Å². The van der Waals surface area contributed by atoms with Gasteiger partial charge in [-0.25, -0.2) is 9.07 Å². The predicted octanol–water partition coefficient (Wildman–Crippen LogP) is 5.88. The van der Waals surface area contributed by atoms with Gasteiger partial charge >= 0.3 is 5.97 Å². The van der Waals surface area contributed by atoms with Crippen molar-refractivity contribution in [3.8, 4) is 0 Å². The molecule has 19 heteroatoms. The number of aromatic nitrogens is 3. The summed E-state index contributed by atoms with van der Waals surface area (Å²) in [5.74, 6) is -3.12. The molecule has 6 N–H and O–H groups in total. The average Bonchev–Trinajstić information content (AvgIpc) is 3.78. The Morgan fingerprint density at radius 1 is 1.05 bits per heavy atom. The van der Waals surface area contributed by atoms with Gasteiger partial charge in [0.2, 0.25) is 5.91 Å². The number of benzene rings is 1. The first-order valence-corrected chi connectivity index (χ1v) is 27.3. The fourth-order valence-electron chi connectivity index (χ4n) is 11.8. The predicted molar refractivity (Wildman–Crippen MR) is 278 cm³/mol. The quantitative estimate of drug-likeness (QED) is 0.0979. The van der Waals surface area contributed by atoms with Crippen molar-refractivity contribution in [1.29, 1.82) is 0 Å². The van der Waals surface area contributed by atoms with Gasteiger partial charge in [-0.1, -0.05) is 65.5 Å². The Morgan fingerprint density at radius 2 is 1.73 bits per heavy atom. The maximum Gasteiger partial charge on any atom is 0.309 e. The molecule has 2 aromatic rings. The molecular weight excluding hydrogens is 960 g/mol. The van der Waals surface area contributed by atoms with Crippen LogP contribution in [0.3, 0.4) is 0 Å². The maximum atomic E-state index is 14.8. The van der Waals surface area contributed by atoms with Gasteiger partial charge in [-0.15, -0.1) is 16.9 Å². The standard InChI is InChI=1S/C54H89FN6O11S/c1-15-44-54(11,67)50(64)36(8)60(13)27-30(2)25-53(10,66)51(34(6)47(35(7)52(65)71-44)43-22-31(3)33(5)48(63)37(9)70-43)72-46-24-40(23-32(4)69-46)59(12)21-20-39-28-61(58-57-39)42(26-55)49(68-14)38-16-18-41(19-17-38)73-29-45(56)62/h16-19,28,30-35,37,40,42-44,46-51,63-64,66-67H,8,15,20-27,29H2,1-7,9-14H3,(H2,56,62)/t30-,31+,32-,33+,34+,35?,37+,40+,42-,43?,44-,46+,47+,48-,49-,50?,51-,53-,54-/m1/s1. The van der Waals surface area contributed by atoms with Gasteiger partial charge in [-0.3, -0.25) is 9.59 Å². The van der Waals surface area contributed by atoms with Crippen molar-refractivity contribution in [2.24, 2.45) is 41.2 Å². The molecule has 1 aromatic heterocycles. The monoisotopic (exact) mass is 1050 g/mol. The topological polar surface area (TPSA) is 224 Å². The molecule has 5 rings (SSSR count). The molecule has 1 amide bonds. The number of methoxy groups -OCH3 is 1. The third-order valence-corrected chi connectivity index (χ3v) is 17.4. The third kappa shape index (κ3) is 15.0. The van der Waals surface area contributed by atoms with Gasteiger partial charge < -0.3 is 59.6 Å². The number of nitrogens with two attached hydrogens (primary N) is 1. The van der Waals surface area contributed by atoms with E-state index in [4.69, 9.17) is 29.4 Å². The first-order valence-electron chi connectivity index (χ1n) is 26.3. The lowest BCUT2D eigenvalue weighted by Gasteiger charge is -2.47. The zero-order valence-corrected chi connectivity index (χ0v) is 46.5. The van der Waals surface area contributed by atoms with Crippen LogP contribution in [0.4, 0.5) is 4.39 Å². The van der Waals surface area contributed by atoms with Crippen LogP contribution in [0.1, 0.15) is 125 Å². The SMILES string of the molecule is C=C1C(O)[C@](C)(O)[C@@H](CC)OC(=O)C(C)[C@@H](C2C[C@H](C)[C@H](C)[C@@H](O)[C@H](C)O2)[C@H](C)[C@@H](O[C@H]2C[C@@H](N(C)CCc3cn([C@H](CF)[C@H](OC)c4ccc(SCC(N)=O)cc4)nn3)C[C@@H](C)O2)[C@](C)(O)C[C@@H](C)CN1C. The van der Waals surface area contributed by atoms with Crippen LogP contribution in [0, 0.1) is 35.5 Å². The Morgan fingerprint density at radius 3 is 2.34 bits per heavy atom. The van der Waals surface area contributed by atoms with Crippen LogP contribution >= 0.6 is 11.8 Å². The number of aliphatic hydroxyl groups is 4. The van der Waals surface area contributed by atoms with Crippen molar-refractivity contribution in [3.63, 3.8) is 0 Å². The number of primary amides is 1. The van der Waals surface area contributed by atoms with E-state index in [1.807, 2.05) is 65.9 Å². The molecule has 73 heavy (non-hydrogen) atoms. The second kappa shape index (κ2) is 26.2. The maximum absolute atomic E-state index is 14.8. The number of alkyl halides is 1. The van der Waals surface area contributed by atoms with Crippen molar-refractivity contribution in [1.82, 2.24) is 24.8 Å². The number of esters is 1. The molecule has 3 fully saturated rings. The molecule has 19 atom stereocenters. The number of hydrogen-bond donors (Lipinski definition) is 5. The molecule has 3 saturated heterocycles. The highest BCUT2D eigenvalue weighted by Gasteiger charge is 2.52. The number of likely N-dealkylation sites (N-methyl/N-ethyl adjacent to an activating group) is 2. The number of amides is 1. The molecule has 0 spiro atoms. The third-order valence-electron chi connectivity index (χ3n) is 16.3. The lowest BCUT2D eigenvalue weighted by molar-refractivity contribution is -0.268. The van der Waals surface area contributed by atoms with Gasteiger partial charge in [0.25, 0.3) is 0 Å². The number of carbonyl (C=O) groups excluding carboxylic acids is 2. The highest BCUT2D eigenvalue weighted by Crippen LogP contribution is 2.44. The molecule has 3 aliphatic heterocycles. The van der Waals surface area contributed by atoms with Crippen molar-refractivity contribution < 1.29 is 58.1 Å². The van der Waals surface area contributed by atoms with E-state index in [1.54, 1.807) is 38.9 Å². The highest BCUT2D eigenvalue weighted by molar-refractivity contribution is 8.00. The summed E-state index contributed by atoms with van der Waals surface area (Å²) in [6.45, 7) is 23.1. The van der Waals surface area contributed by atoms with E-state index in [0.29, 0.717) is 44.5 Å². The largest absolute Gasteiger partial charge is 0.459 e. The molecule has 1 aromatic carbocycles. The minimum Gasteiger partial charge on any atom is -0.459 e. The van der Waals surface area contributed by atoms with Crippen LogP contribution < -0.4 is 5.73 Å². The number of nitrogens with zero attached hydrogens (tertiary/aromatic N) is 5. The van der Waals surface area contributed by atoms with Gasteiger partial charge in [0.15, 0.2) is 6.29 Å². The summed E-state index contributed by atoms with van der Waals surface area (Å²) < 4.78 is 48.8. The summed E-state index contributed by atoms with van der Waals surface area (Å²) in [5.41, 5.74) is 3.61. The molecular formula is C54H89FN6O11S. The van der Waals surface area contributed by atoms with E-state index in [1.165, 1.54) is 30.5 Å². The van der Waals surface area contributed by atoms with Gasteiger partial charge in [-0.05, 0) is 102 Å². The normalized spacial score (nSPS) is 37.5. The number of cyclic esters (lactones) is 1. The molecule has 3 aliphatic rings. The molecule has 17 nitrogen and oxygen atoms in total. The van der Waals surface area contributed by atoms with Gasteiger partial charge in [0.1, 0.15) is 36.6 Å². The molecule has 3 unspecified atom stereocenters. The fourth-order valence-corrected chi connectivity index (χ4v) is 12.5. The number of carbonyl (C=O) groups is 2. The molecule has 0 saturated carbocycles. The van der Waals surface area contributed by atoms with Crippen LogP contribution in [-0.4, -0.2) is 170 Å². The van der Waals surface area contributed by atoms with Crippen molar-refractivity contribution >= 4 is 23.6 Å². The van der Waals surface area contributed by atoms with E-state index in [2.05, 4.69) is 28.7 Å². The van der Waals surface area contributed by atoms with Crippen LogP contribution in [0.25, 0.3) is 0 Å². The molecule has 0 bridgehead atoms. The van der Waals surface area contributed by atoms with Crippen molar-refractivity contribution in [2.45, 2.75) is 191 Å². The minimum atomic E-state index is -1.88. The Bertz CT molecular complexity index is 2070. The molecule has 0 radical (unpaired) electrons. The van der Waals surface area contributed by atoms with Crippen LogP contribution in [0.15, 0.2) is 47.6 Å². The summed E-state index contributed by atoms with van der Waals surface area (Å²) >= 11 is 1.32. The number of ether oxygens (including phenoxy) is 5. The average molecular weight is 1050 g/mol. The van der Waals surface area contributed by atoms with E-state index in [9.17, 15) is 34.4 Å². The van der Waals surface area contributed by atoms with Crippen LogP contribution in [-0.2, 0) is 39.7 Å². The Balaban J connectivity index is 1.41. The Hall–Kier alpha value is -3.24. The van der Waals surface area contributed by atoms with E-state index in [-0.39, 0.29) is 54.2 Å². The van der Waals surface area contributed by atoms with Gasteiger partial charge in [0.05, 0.1) is 53.5 Å². The number of thioether (sulfide) groups is 1. The van der Waals surface area contributed by atoms with Crippen LogP contribution in [0.5, 0.6) is 0 Å². The lowest BCUT2D eigenvalue weighted by atomic mass is 9.69. The Labute approximate surface area is 438 Å². The number of halogens is 1.